The molecule has 2 atom stereocenters. The van der Waals surface area contributed by atoms with Crippen molar-refractivity contribution in [1.82, 2.24) is 0 Å². The number of allylic oxidation sites excluding steroid dienone is 2. The van der Waals surface area contributed by atoms with Gasteiger partial charge in [-0.3, -0.25) is 0 Å². The van der Waals surface area contributed by atoms with Crippen molar-refractivity contribution in [1.29, 1.82) is 0 Å². The number of rotatable bonds is 8. The molecule has 0 aromatic heterocycles. The van der Waals surface area contributed by atoms with E-state index in [0.29, 0.717) is 81.4 Å². The molecule has 0 aliphatic heterocycles. The third kappa shape index (κ3) is 9.38. The first-order valence-electron chi connectivity index (χ1n) is 26.0. The van der Waals surface area contributed by atoms with Gasteiger partial charge in [-0.1, -0.05) is 0 Å². The molecule has 0 saturated heterocycles. The fraction of sp³-hybridized carbons (Fsp3) is 0.517. The zero-order valence-electron chi connectivity index (χ0n) is 41.1. The third-order valence-corrected chi connectivity index (χ3v) is 37.3. The van der Waals surface area contributed by atoms with Crippen LogP contribution >= 0.6 is 24.8 Å². The van der Waals surface area contributed by atoms with Crippen LogP contribution in [0.4, 0.5) is 52.7 Å². The molecule has 0 nitrogen and oxygen atoms in total. The summed E-state index contributed by atoms with van der Waals surface area (Å²) in [4.78, 5) is 0. The Bertz CT molecular complexity index is 2710. The van der Waals surface area contributed by atoms with Crippen molar-refractivity contribution in [2.75, 3.05) is 0 Å². The molecule has 8 fully saturated rings. The maximum absolute atomic E-state index is 14.5. The fourth-order valence-corrected chi connectivity index (χ4v) is 37.5. The van der Waals surface area contributed by atoms with Gasteiger partial charge in [0.25, 0.3) is 0 Å². The van der Waals surface area contributed by atoms with Crippen LogP contribution in [0.15, 0.2) is 83.9 Å². The minimum absolute atomic E-state index is 0. The average Bonchev–Trinajstić information content (AvgIpc) is 3.86. The van der Waals surface area contributed by atoms with Crippen molar-refractivity contribution in [3.8, 4) is 22.3 Å². The van der Waals surface area contributed by atoms with Gasteiger partial charge in [-0.25, -0.2) is 0 Å². The van der Waals surface area contributed by atoms with Crippen LogP contribution in [-0.4, -0.2) is 6.88 Å². The van der Waals surface area contributed by atoms with Crippen LogP contribution in [0.5, 0.6) is 0 Å². The van der Waals surface area contributed by atoms with Crippen LogP contribution in [0.3, 0.4) is 0 Å². The standard InChI is InChI=1S/2C28H25F6.2CH3.2ClH.H2Si.Zr/c2*29-27(30,31)22-12-21(13-23(14-22)28(32,33)34)24-3-1-2-18-5-17(11-26(18)24)10-25-19-6-15-4-16(8-19)9-20(25)7-15;;;;;;/h2*1-3,5,11-16,19-20,25H,4,6-10H2;2*1H3;2*1H;1H2;. The fourth-order valence-electron chi connectivity index (χ4n) is 17.7. The molecule has 0 heterocycles. The van der Waals surface area contributed by atoms with Crippen LogP contribution in [0, 0.1) is 59.2 Å². The SMILES string of the molecule is Cl.Cl.[CH3][Zr]([CH3])(=[SiH2])([CH]1C(CC2C3CC4CC(C3)CC2C4)=Cc2c(-c3cc(C(F)(F)F)cc(C(F)(F)F)c3)cccc21)[CH]1C(CC2C3CC4CC(C3)CC2C4)=Cc2c(-c3cc(C(F)(F)F)cc(C(F)(F)F)c3)cccc21. The second-order valence-electron chi connectivity index (χ2n) is 25.0. The Labute approximate surface area is 439 Å². The Morgan fingerprint density at radius 2 is 0.716 bits per heavy atom. The summed E-state index contributed by atoms with van der Waals surface area (Å²) in [7, 11) is 0. The van der Waals surface area contributed by atoms with Gasteiger partial charge in [-0.15, -0.1) is 24.8 Å². The second kappa shape index (κ2) is 18.4. The molecule has 2 unspecified atom stereocenters. The number of alkyl halides is 12. The van der Waals surface area contributed by atoms with Gasteiger partial charge >= 0.3 is 417 Å². The monoisotopic (exact) mass is 1170 g/mol. The van der Waals surface area contributed by atoms with Gasteiger partial charge in [-0.2, -0.15) is 0 Å². The van der Waals surface area contributed by atoms with E-state index in [4.69, 9.17) is 0 Å². The zero-order valence-corrected chi connectivity index (χ0v) is 46.6. The predicted octanol–water partition coefficient (Wildman–Crippen LogP) is 18.8. The van der Waals surface area contributed by atoms with Gasteiger partial charge in [0.05, 0.1) is 0 Å². The van der Waals surface area contributed by atoms with E-state index in [1.807, 2.05) is 12.1 Å². The van der Waals surface area contributed by atoms with Gasteiger partial charge in [-0.05, 0) is 0 Å². The second-order valence-corrected chi connectivity index (χ2v) is 55.5. The molecule has 0 amide bonds. The van der Waals surface area contributed by atoms with E-state index in [-0.39, 0.29) is 55.3 Å². The van der Waals surface area contributed by atoms with Crippen molar-refractivity contribution in [2.45, 2.75) is 118 Å². The molecular weight excluding hydrogens is 1110 g/mol. The molecule has 16 heteroatoms. The van der Waals surface area contributed by atoms with Crippen molar-refractivity contribution >= 4 is 43.8 Å². The van der Waals surface area contributed by atoms with Crippen molar-refractivity contribution < 1.29 is 70.1 Å². The number of benzene rings is 4. The number of halogens is 14. The minimum atomic E-state index is -5.04. The Hall–Kier alpha value is -2.80. The van der Waals surface area contributed by atoms with Crippen LogP contribution < -0.4 is 0 Å². The van der Waals surface area contributed by atoms with Gasteiger partial charge < -0.3 is 0 Å². The first-order valence-corrected chi connectivity index (χ1v) is 39.7. The number of fused-ring (bicyclic) bond motifs is 2. The summed E-state index contributed by atoms with van der Waals surface area (Å²) in [5.41, 5.74) is 0.0795. The van der Waals surface area contributed by atoms with Gasteiger partial charge in [0.15, 0.2) is 0 Å². The van der Waals surface area contributed by atoms with Crippen LogP contribution in [0.2, 0.25) is 9.26 Å². The predicted molar refractivity (Wildman–Crippen MR) is 270 cm³/mol. The number of hydrogen-bond acceptors (Lipinski definition) is 0. The van der Waals surface area contributed by atoms with E-state index in [1.54, 1.807) is 24.3 Å². The summed E-state index contributed by atoms with van der Waals surface area (Å²) < 4.78 is 178. The third-order valence-electron chi connectivity index (χ3n) is 19.8. The Balaban J connectivity index is 0.00000313. The van der Waals surface area contributed by atoms with Gasteiger partial charge in [0.1, 0.15) is 0 Å². The molecule has 4 aromatic carbocycles. The summed E-state index contributed by atoms with van der Waals surface area (Å²) in [6.07, 6.45) is -2.66. The summed E-state index contributed by atoms with van der Waals surface area (Å²) in [6.45, 7) is 2.06. The van der Waals surface area contributed by atoms with Crippen LogP contribution in [-0.2, 0) is 42.1 Å². The maximum atomic E-state index is 14.5. The van der Waals surface area contributed by atoms with Crippen LogP contribution in [0.1, 0.15) is 129 Å². The van der Waals surface area contributed by atoms with Crippen molar-refractivity contribution in [3.63, 3.8) is 0 Å². The van der Waals surface area contributed by atoms with E-state index >= 15 is 0 Å². The summed E-state index contributed by atoms with van der Waals surface area (Å²) in [6, 6.07) is 14.4. The van der Waals surface area contributed by atoms with Crippen LogP contribution in [0.25, 0.3) is 34.4 Å². The molecule has 398 valence electrons. The van der Waals surface area contributed by atoms with E-state index in [2.05, 4.69) is 28.3 Å². The van der Waals surface area contributed by atoms with E-state index in [0.717, 1.165) is 111 Å². The molecule has 8 bridgehead atoms. The van der Waals surface area contributed by atoms with Crippen molar-refractivity contribution in [3.05, 3.63) is 128 Å². The average molecular weight is 1180 g/mol. The molecule has 0 radical (unpaired) electrons. The normalized spacial score (nSPS) is 30.9. The van der Waals surface area contributed by atoms with Crippen molar-refractivity contribution in [2.24, 2.45) is 59.2 Å². The Kier molecular flexibility index (Phi) is 13.6. The molecular formula is C58H60Cl2F12SiZr. The number of hydrogen-bond donors (Lipinski definition) is 0. The van der Waals surface area contributed by atoms with Gasteiger partial charge in [0.2, 0.25) is 0 Å². The first kappa shape index (κ1) is 54.6. The van der Waals surface area contributed by atoms with E-state index < -0.39 is 64.4 Å². The van der Waals surface area contributed by atoms with Gasteiger partial charge in [0, 0.05) is 0 Å². The zero-order chi connectivity index (χ0) is 50.8. The molecule has 0 spiro atoms. The Morgan fingerprint density at radius 3 is 0.986 bits per heavy atom. The molecule has 10 aliphatic carbocycles. The summed E-state index contributed by atoms with van der Waals surface area (Å²) in [5, 5.41) is 0. The molecule has 0 N–H and O–H groups in total. The summed E-state index contributed by atoms with van der Waals surface area (Å²) >= 11 is -4.84. The molecule has 14 rings (SSSR count). The summed E-state index contributed by atoms with van der Waals surface area (Å²) in [5.74, 6) is 5.63. The molecule has 10 aliphatic rings. The van der Waals surface area contributed by atoms with E-state index in [9.17, 15) is 52.7 Å². The topological polar surface area (TPSA) is 0 Å². The first-order chi connectivity index (χ1) is 33.6. The quantitative estimate of drug-likeness (QED) is 0.122. The molecule has 8 saturated carbocycles. The molecule has 74 heavy (non-hydrogen) atoms. The molecule has 4 aromatic rings. The van der Waals surface area contributed by atoms with E-state index in [1.165, 1.54) is 12.8 Å². The Morgan fingerprint density at radius 1 is 0.432 bits per heavy atom.